The summed E-state index contributed by atoms with van der Waals surface area (Å²) in [6, 6.07) is 6.62. The second-order valence-corrected chi connectivity index (χ2v) is 8.07. The van der Waals surface area contributed by atoms with Gasteiger partial charge in [0.25, 0.3) is 5.91 Å². The van der Waals surface area contributed by atoms with Crippen molar-refractivity contribution in [2.45, 2.75) is 57.2 Å². The van der Waals surface area contributed by atoms with Crippen LogP contribution in [0.4, 0.5) is 0 Å². The van der Waals surface area contributed by atoms with Gasteiger partial charge < -0.3 is 5.32 Å². The second kappa shape index (κ2) is 6.23. The average molecular weight is 352 g/mol. The Labute approximate surface area is 155 Å². The number of hydrogen-bond donors (Lipinski definition) is 1. The molecule has 2 fully saturated rings. The van der Waals surface area contributed by atoms with Crippen LogP contribution in [0.25, 0.3) is 0 Å². The third kappa shape index (κ3) is 2.57. The van der Waals surface area contributed by atoms with Crippen LogP contribution in [0, 0.1) is 13.8 Å². The van der Waals surface area contributed by atoms with Gasteiger partial charge in [-0.05, 0) is 57.7 Å². The van der Waals surface area contributed by atoms with Gasteiger partial charge in [0, 0.05) is 36.0 Å². The summed E-state index contributed by atoms with van der Waals surface area (Å²) in [5.74, 6) is 0.0209. The van der Waals surface area contributed by atoms with Crippen molar-refractivity contribution >= 4 is 5.91 Å². The number of amides is 1. The molecule has 1 N–H and O–H groups in total. The van der Waals surface area contributed by atoms with Crippen molar-refractivity contribution < 1.29 is 4.79 Å². The van der Waals surface area contributed by atoms with E-state index in [9.17, 15) is 4.79 Å². The lowest BCUT2D eigenvalue weighted by atomic mass is 9.79. The number of carbonyl (C=O) groups excluding carboxylic acids is 1. The highest BCUT2D eigenvalue weighted by Gasteiger charge is 2.55. The van der Waals surface area contributed by atoms with Gasteiger partial charge in [-0.15, -0.1) is 0 Å². The Kier molecular flexibility index (Phi) is 4.14. The third-order valence-corrected chi connectivity index (χ3v) is 6.65. The predicted molar refractivity (Wildman–Crippen MR) is 102 cm³/mol. The standard InChI is InChI=1S/C21H28N4O/c1-14-6-5-7-15(2)18(14)20(26)23-19(16-12-22-24(3)13-16)21-10-8-17(9-11-21)25(21)4/h5-7,12-13,17,19H,8-11H2,1-4H3,(H,23,26). The van der Waals surface area contributed by atoms with Gasteiger partial charge in [0.05, 0.1) is 12.2 Å². The smallest absolute Gasteiger partial charge is 0.252 e. The lowest BCUT2D eigenvalue weighted by molar-refractivity contribution is 0.0836. The SMILES string of the molecule is Cc1cccc(C)c1C(=O)NC(c1cnn(C)c1)C12CCC(CC1)N2C. The van der Waals surface area contributed by atoms with E-state index in [1.54, 1.807) is 0 Å². The maximum absolute atomic E-state index is 13.3. The van der Waals surface area contributed by atoms with Crippen LogP contribution in [0.1, 0.15) is 58.8 Å². The molecule has 0 saturated carbocycles. The minimum atomic E-state index is -0.0415. The number of carbonyl (C=O) groups is 1. The first kappa shape index (κ1) is 17.3. The summed E-state index contributed by atoms with van der Waals surface area (Å²) in [6.45, 7) is 4.01. The van der Waals surface area contributed by atoms with Crippen molar-refractivity contribution in [1.82, 2.24) is 20.0 Å². The van der Waals surface area contributed by atoms with Gasteiger partial charge in [-0.3, -0.25) is 14.4 Å². The first-order valence-corrected chi connectivity index (χ1v) is 9.51. The number of fused-ring (bicyclic) bond motifs is 2. The Morgan fingerprint density at radius 1 is 1.23 bits per heavy atom. The van der Waals surface area contributed by atoms with Crippen molar-refractivity contribution in [2.75, 3.05) is 7.05 Å². The number of aryl methyl sites for hydroxylation is 3. The maximum atomic E-state index is 13.3. The van der Waals surface area contributed by atoms with E-state index < -0.39 is 0 Å². The van der Waals surface area contributed by atoms with E-state index in [0.717, 1.165) is 35.1 Å². The van der Waals surface area contributed by atoms with Crippen LogP contribution in [0.5, 0.6) is 0 Å². The monoisotopic (exact) mass is 352 g/mol. The summed E-state index contributed by atoms with van der Waals surface area (Å²) < 4.78 is 1.82. The zero-order chi connectivity index (χ0) is 18.5. The normalized spacial score (nSPS) is 26.2. The van der Waals surface area contributed by atoms with Crippen molar-refractivity contribution in [3.05, 3.63) is 52.8 Å². The number of aromatic nitrogens is 2. The van der Waals surface area contributed by atoms with E-state index in [4.69, 9.17) is 0 Å². The van der Waals surface area contributed by atoms with E-state index in [1.165, 1.54) is 12.8 Å². The molecule has 4 rings (SSSR count). The Hall–Kier alpha value is -2.14. The molecular weight excluding hydrogens is 324 g/mol. The van der Waals surface area contributed by atoms with Crippen LogP contribution in [-0.4, -0.2) is 39.2 Å². The molecule has 0 aliphatic carbocycles. The molecule has 1 atom stereocenters. The lowest BCUT2D eigenvalue weighted by Crippen LogP contribution is -2.51. The van der Waals surface area contributed by atoms with Crippen LogP contribution in [0.2, 0.25) is 0 Å². The first-order chi connectivity index (χ1) is 12.4. The highest BCUT2D eigenvalue weighted by atomic mass is 16.1. The van der Waals surface area contributed by atoms with Crippen molar-refractivity contribution in [3.8, 4) is 0 Å². The van der Waals surface area contributed by atoms with Crippen molar-refractivity contribution in [3.63, 3.8) is 0 Å². The number of likely N-dealkylation sites (N-methyl/N-ethyl adjacent to an activating group) is 1. The van der Waals surface area contributed by atoms with E-state index in [0.29, 0.717) is 6.04 Å². The first-order valence-electron chi connectivity index (χ1n) is 9.51. The van der Waals surface area contributed by atoms with Crippen molar-refractivity contribution in [2.24, 2.45) is 7.05 Å². The van der Waals surface area contributed by atoms with Gasteiger partial charge in [-0.25, -0.2) is 0 Å². The minimum Gasteiger partial charge on any atom is -0.343 e. The van der Waals surface area contributed by atoms with Gasteiger partial charge in [-0.1, -0.05) is 18.2 Å². The van der Waals surface area contributed by atoms with E-state index in [2.05, 4.69) is 22.4 Å². The fourth-order valence-corrected chi connectivity index (χ4v) is 5.19. The average Bonchev–Trinajstić information content (AvgIpc) is 3.26. The zero-order valence-corrected chi connectivity index (χ0v) is 16.1. The van der Waals surface area contributed by atoms with Crippen LogP contribution < -0.4 is 5.32 Å². The molecular formula is C21H28N4O. The summed E-state index contributed by atoms with van der Waals surface area (Å²) in [4.78, 5) is 15.8. The summed E-state index contributed by atoms with van der Waals surface area (Å²) >= 11 is 0. The second-order valence-electron chi connectivity index (χ2n) is 8.07. The largest absolute Gasteiger partial charge is 0.343 e. The lowest BCUT2D eigenvalue weighted by Gasteiger charge is -2.40. The molecule has 2 saturated heterocycles. The summed E-state index contributed by atoms with van der Waals surface area (Å²) in [7, 11) is 4.15. The topological polar surface area (TPSA) is 50.2 Å². The van der Waals surface area contributed by atoms with E-state index in [-0.39, 0.29) is 17.5 Å². The Morgan fingerprint density at radius 3 is 2.38 bits per heavy atom. The van der Waals surface area contributed by atoms with Gasteiger partial charge >= 0.3 is 0 Å². The van der Waals surface area contributed by atoms with Crippen LogP contribution >= 0.6 is 0 Å². The Bertz CT molecular complexity index is 812. The number of nitrogens with zero attached hydrogens (tertiary/aromatic N) is 3. The molecule has 3 heterocycles. The molecule has 2 aromatic rings. The van der Waals surface area contributed by atoms with Crippen molar-refractivity contribution in [1.29, 1.82) is 0 Å². The number of benzene rings is 1. The van der Waals surface area contributed by atoms with Gasteiger partial charge in [0.2, 0.25) is 0 Å². The molecule has 138 valence electrons. The molecule has 1 aromatic carbocycles. The summed E-state index contributed by atoms with van der Waals surface area (Å²) in [6.07, 6.45) is 8.63. The molecule has 0 spiro atoms. The molecule has 5 nitrogen and oxygen atoms in total. The predicted octanol–water partition coefficient (Wildman–Crippen LogP) is 3.13. The van der Waals surface area contributed by atoms with Gasteiger partial charge in [0.1, 0.15) is 0 Å². The molecule has 1 aromatic heterocycles. The maximum Gasteiger partial charge on any atom is 0.252 e. The minimum absolute atomic E-state index is 0.0000497. The Morgan fingerprint density at radius 2 is 1.88 bits per heavy atom. The molecule has 1 amide bonds. The Balaban J connectivity index is 1.72. The van der Waals surface area contributed by atoms with Crippen LogP contribution in [-0.2, 0) is 7.05 Å². The van der Waals surface area contributed by atoms with E-state index >= 15 is 0 Å². The summed E-state index contributed by atoms with van der Waals surface area (Å²) in [5.41, 5.74) is 3.94. The highest BCUT2D eigenvalue weighted by Crippen LogP contribution is 2.51. The molecule has 5 heteroatoms. The molecule has 1 unspecified atom stereocenters. The molecule has 0 radical (unpaired) electrons. The van der Waals surface area contributed by atoms with E-state index in [1.807, 2.05) is 56.2 Å². The molecule has 2 bridgehead atoms. The molecule has 2 aliphatic heterocycles. The molecule has 2 aliphatic rings. The van der Waals surface area contributed by atoms with Gasteiger partial charge in [0.15, 0.2) is 0 Å². The molecule has 26 heavy (non-hydrogen) atoms. The summed E-state index contributed by atoms with van der Waals surface area (Å²) in [5, 5.41) is 7.78. The number of hydrogen-bond acceptors (Lipinski definition) is 3. The zero-order valence-electron chi connectivity index (χ0n) is 16.1. The number of nitrogens with one attached hydrogen (secondary N) is 1. The fourth-order valence-electron chi connectivity index (χ4n) is 5.19. The number of rotatable bonds is 4. The van der Waals surface area contributed by atoms with Gasteiger partial charge in [-0.2, -0.15) is 5.10 Å². The quantitative estimate of drug-likeness (QED) is 0.920. The fraction of sp³-hybridized carbons (Fsp3) is 0.524. The highest BCUT2D eigenvalue weighted by molar-refractivity contribution is 5.97. The third-order valence-electron chi connectivity index (χ3n) is 6.65. The van der Waals surface area contributed by atoms with Crippen LogP contribution in [0.15, 0.2) is 30.6 Å². The van der Waals surface area contributed by atoms with Crippen LogP contribution in [0.3, 0.4) is 0 Å².